The summed E-state index contributed by atoms with van der Waals surface area (Å²) in [7, 11) is 0. The Balaban J connectivity index is 1.35. The summed E-state index contributed by atoms with van der Waals surface area (Å²) in [5.41, 5.74) is 1.93. The van der Waals surface area contributed by atoms with Gasteiger partial charge in [0.1, 0.15) is 11.8 Å². The second kappa shape index (κ2) is 6.73. The number of aromatic nitrogens is 1. The largest absolute Gasteiger partial charge is 0.445 e. The van der Waals surface area contributed by atoms with E-state index in [4.69, 9.17) is 27.9 Å². The van der Waals surface area contributed by atoms with E-state index < -0.39 is 0 Å². The molecule has 2 aliphatic heterocycles. The number of amides is 1. The van der Waals surface area contributed by atoms with E-state index in [0.29, 0.717) is 29.2 Å². The maximum Gasteiger partial charge on any atom is 0.410 e. The molecule has 130 valence electrons. The number of rotatable bonds is 3. The van der Waals surface area contributed by atoms with Crippen molar-refractivity contribution >= 4 is 35.0 Å². The molecule has 2 fully saturated rings. The zero-order valence-electron chi connectivity index (χ0n) is 13.4. The fourth-order valence-electron chi connectivity index (χ4n) is 3.46. The number of carbonyl (C=O) groups is 1. The molecule has 1 aromatic heterocycles. The van der Waals surface area contributed by atoms with Gasteiger partial charge in [-0.1, -0.05) is 53.5 Å². The summed E-state index contributed by atoms with van der Waals surface area (Å²) in [6.45, 7) is 2.56. The van der Waals surface area contributed by atoms with Crippen molar-refractivity contribution in [1.29, 1.82) is 0 Å². The molecule has 0 bridgehead atoms. The number of ether oxygens (including phenoxy) is 1. The maximum absolute atomic E-state index is 12.3. The molecule has 4 rings (SSSR count). The molecular formula is C18H17Cl2N3O2. The molecule has 1 amide bonds. The van der Waals surface area contributed by atoms with Crippen LogP contribution >= 0.6 is 23.2 Å². The zero-order valence-corrected chi connectivity index (χ0v) is 15.0. The highest BCUT2D eigenvalue weighted by Crippen LogP contribution is 2.38. The lowest BCUT2D eigenvalue weighted by molar-refractivity contribution is 0.103. The van der Waals surface area contributed by atoms with Crippen molar-refractivity contribution in [1.82, 2.24) is 9.88 Å². The average Bonchev–Trinajstić information content (AvgIpc) is 2.94. The number of anilines is 1. The lowest BCUT2D eigenvalue weighted by atomic mass is 9.91. The quantitative estimate of drug-likeness (QED) is 0.762. The third kappa shape index (κ3) is 3.26. The summed E-state index contributed by atoms with van der Waals surface area (Å²) < 4.78 is 5.43. The van der Waals surface area contributed by atoms with Crippen LogP contribution in [0.4, 0.5) is 10.5 Å². The summed E-state index contributed by atoms with van der Waals surface area (Å²) in [6, 6.07) is 11.8. The van der Waals surface area contributed by atoms with Crippen molar-refractivity contribution in [3.8, 4) is 0 Å². The Morgan fingerprint density at radius 3 is 2.76 bits per heavy atom. The van der Waals surface area contributed by atoms with E-state index in [0.717, 1.165) is 24.3 Å². The van der Waals surface area contributed by atoms with Gasteiger partial charge in [0, 0.05) is 25.6 Å². The van der Waals surface area contributed by atoms with E-state index in [2.05, 4.69) is 9.88 Å². The molecule has 0 aliphatic carbocycles. The molecular weight excluding hydrogens is 361 g/mol. The molecule has 2 aromatic rings. The second-order valence-electron chi connectivity index (χ2n) is 6.39. The third-order valence-electron chi connectivity index (χ3n) is 4.81. The topological polar surface area (TPSA) is 45.7 Å². The zero-order chi connectivity index (χ0) is 17.4. The second-order valence-corrected chi connectivity index (χ2v) is 7.16. The fourth-order valence-corrected chi connectivity index (χ4v) is 3.73. The van der Waals surface area contributed by atoms with Gasteiger partial charge in [-0.3, -0.25) is 0 Å². The van der Waals surface area contributed by atoms with Crippen LogP contribution in [0.25, 0.3) is 0 Å². The van der Waals surface area contributed by atoms with Gasteiger partial charge in [0.05, 0.1) is 22.9 Å². The predicted octanol–water partition coefficient (Wildman–Crippen LogP) is 3.85. The van der Waals surface area contributed by atoms with E-state index in [9.17, 15) is 4.79 Å². The van der Waals surface area contributed by atoms with Crippen LogP contribution in [0.1, 0.15) is 5.56 Å². The molecule has 2 saturated heterocycles. The molecule has 0 radical (unpaired) electrons. The van der Waals surface area contributed by atoms with Gasteiger partial charge in [0.25, 0.3) is 0 Å². The number of carbonyl (C=O) groups excluding carboxylic acids is 1. The molecule has 7 heteroatoms. The van der Waals surface area contributed by atoms with Crippen LogP contribution in [0.15, 0.2) is 42.6 Å². The van der Waals surface area contributed by atoms with Crippen LogP contribution in [0.3, 0.4) is 0 Å². The van der Waals surface area contributed by atoms with Crippen molar-refractivity contribution in [2.24, 2.45) is 5.92 Å². The minimum absolute atomic E-state index is 0.259. The lowest BCUT2D eigenvalue weighted by Gasteiger charge is -2.45. The van der Waals surface area contributed by atoms with Crippen molar-refractivity contribution in [3.63, 3.8) is 0 Å². The van der Waals surface area contributed by atoms with Gasteiger partial charge in [-0.25, -0.2) is 9.78 Å². The van der Waals surface area contributed by atoms with E-state index in [1.807, 2.05) is 36.4 Å². The first-order chi connectivity index (χ1) is 12.1. The van der Waals surface area contributed by atoms with Gasteiger partial charge in [-0.2, -0.15) is 0 Å². The van der Waals surface area contributed by atoms with Crippen molar-refractivity contribution in [3.05, 3.63) is 58.3 Å². The van der Waals surface area contributed by atoms with E-state index >= 15 is 0 Å². The van der Waals surface area contributed by atoms with Crippen LogP contribution in [0.5, 0.6) is 0 Å². The first kappa shape index (κ1) is 16.5. The number of halogens is 2. The van der Waals surface area contributed by atoms with Gasteiger partial charge in [-0.15, -0.1) is 0 Å². The smallest absolute Gasteiger partial charge is 0.410 e. The molecule has 0 unspecified atom stereocenters. The fraction of sp³-hybridized carbons (Fsp3) is 0.333. The van der Waals surface area contributed by atoms with Gasteiger partial charge in [0.15, 0.2) is 0 Å². The van der Waals surface area contributed by atoms with Crippen LogP contribution in [0.2, 0.25) is 10.2 Å². The minimum Gasteiger partial charge on any atom is -0.445 e. The normalized spacial score (nSPS) is 21.7. The Labute approximate surface area is 156 Å². The highest BCUT2D eigenvalue weighted by Gasteiger charge is 2.47. The number of nitrogens with zero attached hydrogens (tertiary/aromatic N) is 3. The molecule has 0 saturated carbocycles. The minimum atomic E-state index is -0.259. The summed E-state index contributed by atoms with van der Waals surface area (Å²) >= 11 is 11.9. The molecule has 0 N–H and O–H groups in total. The van der Waals surface area contributed by atoms with Crippen molar-refractivity contribution in [2.45, 2.75) is 12.6 Å². The van der Waals surface area contributed by atoms with Crippen LogP contribution in [-0.2, 0) is 11.3 Å². The number of benzene rings is 1. The number of hydrogen-bond acceptors (Lipinski definition) is 4. The average molecular weight is 378 g/mol. The molecule has 2 atom stereocenters. The molecule has 0 spiro atoms. The Hall–Kier alpha value is -1.98. The van der Waals surface area contributed by atoms with Gasteiger partial charge < -0.3 is 14.5 Å². The highest BCUT2D eigenvalue weighted by atomic mass is 35.5. The monoisotopic (exact) mass is 377 g/mol. The maximum atomic E-state index is 12.3. The van der Waals surface area contributed by atoms with Crippen LogP contribution < -0.4 is 4.90 Å². The molecule has 3 heterocycles. The Morgan fingerprint density at radius 1 is 1.20 bits per heavy atom. The van der Waals surface area contributed by atoms with Gasteiger partial charge in [-0.05, 0) is 11.6 Å². The Bertz CT molecular complexity index is 787. The first-order valence-corrected chi connectivity index (χ1v) is 8.91. The summed E-state index contributed by atoms with van der Waals surface area (Å²) in [4.78, 5) is 20.4. The van der Waals surface area contributed by atoms with Crippen molar-refractivity contribution in [2.75, 3.05) is 24.5 Å². The summed E-state index contributed by atoms with van der Waals surface area (Å²) in [6.07, 6.45) is 1.46. The molecule has 2 aliphatic rings. The van der Waals surface area contributed by atoms with E-state index in [1.54, 1.807) is 11.1 Å². The SMILES string of the molecule is O=C(OCc1ccccc1)N1C[C@@H]2CN(c3cnc(Cl)c(Cl)c3)[C@@H]2C1. The first-order valence-electron chi connectivity index (χ1n) is 8.15. The Morgan fingerprint density at radius 2 is 2.00 bits per heavy atom. The van der Waals surface area contributed by atoms with Crippen LogP contribution in [0, 0.1) is 5.92 Å². The van der Waals surface area contributed by atoms with Gasteiger partial charge in [0.2, 0.25) is 0 Å². The van der Waals surface area contributed by atoms with Gasteiger partial charge >= 0.3 is 6.09 Å². The van der Waals surface area contributed by atoms with E-state index in [-0.39, 0.29) is 12.1 Å². The number of fused-ring (bicyclic) bond motifs is 1. The number of likely N-dealkylation sites (tertiary alicyclic amines) is 1. The summed E-state index contributed by atoms with van der Waals surface area (Å²) in [5.74, 6) is 0.457. The summed E-state index contributed by atoms with van der Waals surface area (Å²) in [5, 5.41) is 0.750. The molecule has 1 aromatic carbocycles. The predicted molar refractivity (Wildman–Crippen MR) is 97.1 cm³/mol. The third-order valence-corrected chi connectivity index (χ3v) is 5.50. The van der Waals surface area contributed by atoms with Crippen molar-refractivity contribution < 1.29 is 9.53 Å². The molecule has 25 heavy (non-hydrogen) atoms. The van der Waals surface area contributed by atoms with E-state index in [1.165, 1.54) is 0 Å². The number of hydrogen-bond donors (Lipinski definition) is 0. The number of pyridine rings is 1. The standard InChI is InChI=1S/C18H17Cl2N3O2/c19-15-6-14(7-21-17(15)20)23-9-13-8-22(10-16(13)23)18(24)25-11-12-4-2-1-3-5-12/h1-7,13,16H,8-11H2/t13-,16-/m1/s1. The molecule has 5 nitrogen and oxygen atoms in total. The highest BCUT2D eigenvalue weighted by molar-refractivity contribution is 6.41. The lowest BCUT2D eigenvalue weighted by Crippen LogP contribution is -2.55. The van der Waals surface area contributed by atoms with Crippen LogP contribution in [-0.4, -0.2) is 41.7 Å². The Kier molecular flexibility index (Phi) is 4.44.